The third-order valence-electron chi connectivity index (χ3n) is 3.83. The predicted octanol–water partition coefficient (Wildman–Crippen LogP) is 2.75. The highest BCUT2D eigenvalue weighted by Crippen LogP contribution is 2.28. The minimum Gasteiger partial charge on any atom is -0.495 e. The lowest BCUT2D eigenvalue weighted by molar-refractivity contribution is -0.131. The van der Waals surface area contributed by atoms with Crippen LogP contribution in [0.15, 0.2) is 24.3 Å². The number of anilines is 1. The summed E-state index contributed by atoms with van der Waals surface area (Å²) in [7, 11) is 1.69. The molecule has 1 aliphatic rings. The van der Waals surface area contributed by atoms with Gasteiger partial charge in [-0.15, -0.1) is 11.6 Å². The molecule has 0 spiro atoms. The molecule has 1 saturated heterocycles. The van der Waals surface area contributed by atoms with Crippen LogP contribution in [0.4, 0.5) is 5.69 Å². The molecule has 0 bridgehead atoms. The highest BCUT2D eigenvalue weighted by Gasteiger charge is 2.22. The predicted molar refractivity (Wildman–Crippen MR) is 86.4 cm³/mol. The Morgan fingerprint density at radius 1 is 1.19 bits per heavy atom. The van der Waals surface area contributed by atoms with Crippen LogP contribution in [0.5, 0.6) is 5.75 Å². The van der Waals surface area contributed by atoms with Crippen LogP contribution in [0.1, 0.15) is 19.3 Å². The number of unbranched alkanes of at least 4 members (excludes halogenated alkanes) is 1. The first-order valence-corrected chi connectivity index (χ1v) is 8.01. The maximum Gasteiger partial charge on any atom is 0.222 e. The number of alkyl halides is 1. The molecule has 1 amide bonds. The zero-order chi connectivity index (χ0) is 15.1. The third kappa shape index (κ3) is 4.27. The largest absolute Gasteiger partial charge is 0.495 e. The molecule has 1 aromatic carbocycles. The molecule has 0 aromatic heterocycles. The average molecular weight is 311 g/mol. The van der Waals surface area contributed by atoms with Crippen LogP contribution < -0.4 is 9.64 Å². The van der Waals surface area contributed by atoms with Gasteiger partial charge in [-0.2, -0.15) is 0 Å². The van der Waals surface area contributed by atoms with Crippen molar-refractivity contribution in [2.75, 3.05) is 44.1 Å². The lowest BCUT2D eigenvalue weighted by Gasteiger charge is -2.36. The van der Waals surface area contributed by atoms with Crippen LogP contribution in [0.2, 0.25) is 0 Å². The van der Waals surface area contributed by atoms with E-state index in [0.717, 1.165) is 50.5 Å². The fourth-order valence-corrected chi connectivity index (χ4v) is 2.81. The van der Waals surface area contributed by atoms with Crippen molar-refractivity contribution in [2.24, 2.45) is 0 Å². The summed E-state index contributed by atoms with van der Waals surface area (Å²) in [6.07, 6.45) is 2.41. The fourth-order valence-electron chi connectivity index (χ4n) is 2.62. The zero-order valence-corrected chi connectivity index (χ0v) is 13.3. The molecule has 0 aliphatic carbocycles. The van der Waals surface area contributed by atoms with E-state index in [2.05, 4.69) is 11.0 Å². The molecule has 1 aromatic rings. The van der Waals surface area contributed by atoms with Crippen molar-refractivity contribution in [3.63, 3.8) is 0 Å². The van der Waals surface area contributed by atoms with E-state index in [1.807, 2.05) is 23.1 Å². The van der Waals surface area contributed by atoms with Gasteiger partial charge < -0.3 is 14.5 Å². The SMILES string of the molecule is COc1ccccc1N1CCN(C(=O)CCCCCl)CC1. The highest BCUT2D eigenvalue weighted by molar-refractivity contribution is 6.17. The van der Waals surface area contributed by atoms with Crippen LogP contribution in [0.3, 0.4) is 0 Å². The number of methoxy groups -OCH3 is 1. The molecule has 0 saturated carbocycles. The van der Waals surface area contributed by atoms with Gasteiger partial charge in [-0.3, -0.25) is 4.79 Å². The van der Waals surface area contributed by atoms with Gasteiger partial charge in [-0.25, -0.2) is 0 Å². The monoisotopic (exact) mass is 310 g/mol. The van der Waals surface area contributed by atoms with E-state index in [1.165, 1.54) is 0 Å². The third-order valence-corrected chi connectivity index (χ3v) is 4.10. The minimum atomic E-state index is 0.250. The van der Waals surface area contributed by atoms with Crippen molar-refractivity contribution in [3.8, 4) is 5.75 Å². The molecule has 1 heterocycles. The van der Waals surface area contributed by atoms with E-state index >= 15 is 0 Å². The first-order chi connectivity index (χ1) is 10.3. The number of nitrogens with zero attached hydrogens (tertiary/aromatic N) is 2. The van der Waals surface area contributed by atoms with Gasteiger partial charge in [0.2, 0.25) is 5.91 Å². The van der Waals surface area contributed by atoms with Crippen LogP contribution in [0.25, 0.3) is 0 Å². The maximum absolute atomic E-state index is 12.1. The van der Waals surface area contributed by atoms with E-state index < -0.39 is 0 Å². The van der Waals surface area contributed by atoms with E-state index in [9.17, 15) is 4.79 Å². The van der Waals surface area contributed by atoms with Gasteiger partial charge in [-0.05, 0) is 25.0 Å². The Labute approximate surface area is 131 Å². The Balaban J connectivity index is 1.87. The Hall–Kier alpha value is -1.42. The van der Waals surface area contributed by atoms with Crippen LogP contribution in [-0.4, -0.2) is 50.0 Å². The number of para-hydroxylation sites is 2. The van der Waals surface area contributed by atoms with Crippen molar-refractivity contribution >= 4 is 23.2 Å². The summed E-state index contributed by atoms with van der Waals surface area (Å²) < 4.78 is 5.40. The molecule has 4 nitrogen and oxygen atoms in total. The number of hydrogen-bond acceptors (Lipinski definition) is 3. The van der Waals surface area contributed by atoms with Gasteiger partial charge >= 0.3 is 0 Å². The number of benzene rings is 1. The first-order valence-electron chi connectivity index (χ1n) is 7.48. The number of halogens is 1. The summed E-state index contributed by atoms with van der Waals surface area (Å²) in [4.78, 5) is 16.3. The molecule has 0 unspecified atom stereocenters. The summed E-state index contributed by atoms with van der Waals surface area (Å²) in [5.74, 6) is 1.77. The van der Waals surface area contributed by atoms with Crippen molar-refractivity contribution < 1.29 is 9.53 Å². The van der Waals surface area contributed by atoms with Gasteiger partial charge in [0, 0.05) is 38.5 Å². The second kappa shape index (κ2) is 8.13. The van der Waals surface area contributed by atoms with Crippen LogP contribution >= 0.6 is 11.6 Å². The summed E-state index contributed by atoms with van der Waals surface area (Å²) in [6, 6.07) is 8.02. The minimum absolute atomic E-state index is 0.250. The Bertz CT molecular complexity index is 459. The van der Waals surface area contributed by atoms with Gasteiger partial charge in [0.15, 0.2) is 0 Å². The average Bonchev–Trinajstić information content (AvgIpc) is 2.55. The molecule has 116 valence electrons. The molecule has 1 aliphatic heterocycles. The van der Waals surface area contributed by atoms with Crippen LogP contribution in [0, 0.1) is 0 Å². The Kier molecular flexibility index (Phi) is 6.18. The standard InChI is InChI=1S/C16H23ClN2O2/c1-21-15-7-3-2-6-14(15)18-10-12-19(13-11-18)16(20)8-4-5-9-17/h2-3,6-7H,4-5,8-13H2,1H3. The quantitative estimate of drug-likeness (QED) is 0.598. The second-order valence-corrected chi connectivity index (χ2v) is 5.56. The summed E-state index contributed by atoms with van der Waals surface area (Å²) >= 11 is 5.64. The molecule has 0 atom stereocenters. The number of hydrogen-bond donors (Lipinski definition) is 0. The summed E-state index contributed by atoms with van der Waals surface area (Å²) in [6.45, 7) is 3.25. The molecule has 1 fully saturated rings. The van der Waals surface area contributed by atoms with Crippen molar-refractivity contribution in [1.29, 1.82) is 0 Å². The normalized spacial score (nSPS) is 15.1. The number of rotatable bonds is 6. The van der Waals surface area contributed by atoms with Gasteiger partial charge in [0.1, 0.15) is 5.75 Å². The molecule has 0 N–H and O–H groups in total. The molecular weight excluding hydrogens is 288 g/mol. The smallest absolute Gasteiger partial charge is 0.222 e. The second-order valence-electron chi connectivity index (χ2n) is 5.19. The fraction of sp³-hybridized carbons (Fsp3) is 0.562. The van der Waals surface area contributed by atoms with Gasteiger partial charge in [0.25, 0.3) is 0 Å². The highest BCUT2D eigenvalue weighted by atomic mass is 35.5. The van der Waals surface area contributed by atoms with E-state index in [-0.39, 0.29) is 5.91 Å². The topological polar surface area (TPSA) is 32.8 Å². The number of carbonyl (C=O) groups is 1. The van der Waals surface area contributed by atoms with Crippen molar-refractivity contribution in [2.45, 2.75) is 19.3 Å². The van der Waals surface area contributed by atoms with Crippen molar-refractivity contribution in [1.82, 2.24) is 4.90 Å². The Morgan fingerprint density at radius 2 is 1.90 bits per heavy atom. The summed E-state index contributed by atoms with van der Waals surface area (Å²) in [5.41, 5.74) is 1.11. The molecule has 21 heavy (non-hydrogen) atoms. The lowest BCUT2D eigenvalue weighted by Crippen LogP contribution is -2.48. The Morgan fingerprint density at radius 3 is 2.57 bits per heavy atom. The van der Waals surface area contributed by atoms with E-state index in [1.54, 1.807) is 7.11 Å². The molecule has 5 heteroatoms. The number of carbonyl (C=O) groups excluding carboxylic acids is 1. The van der Waals surface area contributed by atoms with Gasteiger partial charge in [-0.1, -0.05) is 12.1 Å². The van der Waals surface area contributed by atoms with Crippen molar-refractivity contribution in [3.05, 3.63) is 24.3 Å². The molecular formula is C16H23ClN2O2. The zero-order valence-electron chi connectivity index (χ0n) is 12.6. The molecule has 2 rings (SSSR count). The first kappa shape index (κ1) is 16.0. The van der Waals surface area contributed by atoms with Crippen LogP contribution in [-0.2, 0) is 4.79 Å². The number of ether oxygens (including phenoxy) is 1. The maximum atomic E-state index is 12.1. The van der Waals surface area contributed by atoms with E-state index in [4.69, 9.17) is 16.3 Å². The lowest BCUT2D eigenvalue weighted by atomic mass is 10.2. The molecule has 0 radical (unpaired) electrons. The van der Waals surface area contributed by atoms with E-state index in [0.29, 0.717) is 12.3 Å². The summed E-state index contributed by atoms with van der Waals surface area (Å²) in [5, 5.41) is 0. The van der Waals surface area contributed by atoms with Gasteiger partial charge in [0.05, 0.1) is 12.8 Å². The number of piperazine rings is 1. The number of amides is 1.